The number of aliphatic carboxylic acids is 1. The number of nitrogens with one attached hydrogen (secondary N) is 1. The minimum atomic E-state index is -1.04. The molecule has 1 amide bonds. The second kappa shape index (κ2) is 6.67. The molecule has 1 atom stereocenters. The van der Waals surface area contributed by atoms with Gasteiger partial charge in [0, 0.05) is 11.8 Å². The van der Waals surface area contributed by atoms with Crippen LogP contribution < -0.4 is 11.1 Å². The van der Waals surface area contributed by atoms with Crippen molar-refractivity contribution in [2.75, 3.05) is 11.5 Å². The first-order chi connectivity index (χ1) is 6.43. The normalized spacial score (nSPS) is 12.6. The molecule has 0 aromatic rings. The largest absolute Gasteiger partial charge is 0.480 e. The van der Waals surface area contributed by atoms with Gasteiger partial charge in [-0.25, -0.2) is 0 Å². The van der Waals surface area contributed by atoms with E-state index >= 15 is 0 Å². The molecule has 0 saturated carbocycles. The maximum absolute atomic E-state index is 11.1. The molecule has 82 valence electrons. The monoisotopic (exact) mass is 220 g/mol. The second-order valence-electron chi connectivity index (χ2n) is 3.18. The molecule has 0 aliphatic heterocycles. The van der Waals surface area contributed by atoms with Gasteiger partial charge >= 0.3 is 5.97 Å². The van der Waals surface area contributed by atoms with Gasteiger partial charge in [0.05, 0.1) is 5.75 Å². The number of hydrogen-bond donors (Lipinski definition) is 3. The minimum Gasteiger partial charge on any atom is -0.480 e. The third kappa shape index (κ3) is 6.73. The zero-order valence-electron chi connectivity index (χ0n) is 8.32. The summed E-state index contributed by atoms with van der Waals surface area (Å²) in [6, 6.07) is -0.789. The van der Waals surface area contributed by atoms with Crippen molar-refractivity contribution in [1.82, 2.24) is 5.32 Å². The first-order valence-corrected chi connectivity index (χ1v) is 5.44. The van der Waals surface area contributed by atoms with Crippen molar-refractivity contribution in [1.29, 1.82) is 0 Å². The van der Waals surface area contributed by atoms with Gasteiger partial charge in [0.2, 0.25) is 5.91 Å². The standard InChI is InChI=1S/C8H16N2O3S/c1-5(2)10-7(11)4-14-3-6(9)8(12)13/h5-6H,3-4,9H2,1-2H3,(H,10,11)(H,12,13)/t6-/m1/s1. The molecular weight excluding hydrogens is 204 g/mol. The minimum absolute atomic E-state index is 0.0948. The Balaban J connectivity index is 3.54. The van der Waals surface area contributed by atoms with Crippen LogP contribution in [0.3, 0.4) is 0 Å². The van der Waals surface area contributed by atoms with E-state index in [1.807, 2.05) is 13.8 Å². The zero-order chi connectivity index (χ0) is 11.1. The fourth-order valence-corrected chi connectivity index (χ4v) is 1.50. The van der Waals surface area contributed by atoms with E-state index in [2.05, 4.69) is 5.32 Å². The van der Waals surface area contributed by atoms with Crippen LogP contribution in [0.15, 0.2) is 0 Å². The number of amides is 1. The lowest BCUT2D eigenvalue weighted by atomic mass is 10.4. The van der Waals surface area contributed by atoms with Gasteiger partial charge in [-0.1, -0.05) is 0 Å². The molecule has 6 heteroatoms. The summed E-state index contributed by atoms with van der Waals surface area (Å²) in [5.41, 5.74) is 5.25. The molecule has 0 bridgehead atoms. The lowest BCUT2D eigenvalue weighted by Gasteiger charge is -2.08. The van der Waals surface area contributed by atoms with Crippen molar-refractivity contribution in [2.24, 2.45) is 5.73 Å². The van der Waals surface area contributed by atoms with Crippen LogP contribution in [0.4, 0.5) is 0 Å². The first-order valence-electron chi connectivity index (χ1n) is 4.29. The summed E-state index contributed by atoms with van der Waals surface area (Å²) in [6.45, 7) is 3.73. The van der Waals surface area contributed by atoms with E-state index in [4.69, 9.17) is 10.8 Å². The molecule has 0 aliphatic rings. The Labute approximate surface area is 87.4 Å². The molecule has 0 heterocycles. The summed E-state index contributed by atoms with van der Waals surface area (Å²) < 4.78 is 0. The Hall–Kier alpha value is -0.750. The van der Waals surface area contributed by atoms with Crippen LogP contribution in [-0.4, -0.2) is 40.6 Å². The number of carbonyl (C=O) groups is 2. The maximum Gasteiger partial charge on any atom is 0.321 e. The Kier molecular flexibility index (Phi) is 6.31. The highest BCUT2D eigenvalue weighted by Crippen LogP contribution is 2.01. The predicted octanol–water partition coefficient (Wildman–Crippen LogP) is -0.344. The molecule has 0 unspecified atom stereocenters. The van der Waals surface area contributed by atoms with Crippen molar-refractivity contribution in [3.8, 4) is 0 Å². The molecular formula is C8H16N2O3S. The van der Waals surface area contributed by atoms with Gasteiger partial charge in [0.1, 0.15) is 6.04 Å². The van der Waals surface area contributed by atoms with Gasteiger partial charge in [-0.05, 0) is 13.8 Å². The molecule has 0 spiro atoms. The van der Waals surface area contributed by atoms with Crippen molar-refractivity contribution in [3.63, 3.8) is 0 Å². The predicted molar refractivity (Wildman–Crippen MR) is 56.2 cm³/mol. The van der Waals surface area contributed by atoms with Crippen LogP contribution in [0, 0.1) is 0 Å². The summed E-state index contributed by atoms with van der Waals surface area (Å²) >= 11 is 1.22. The molecule has 0 rings (SSSR count). The number of thioether (sulfide) groups is 1. The smallest absolute Gasteiger partial charge is 0.321 e. The highest BCUT2D eigenvalue weighted by Gasteiger charge is 2.12. The molecule has 0 aromatic heterocycles. The number of nitrogens with two attached hydrogens (primary N) is 1. The van der Waals surface area contributed by atoms with Crippen LogP contribution >= 0.6 is 11.8 Å². The Morgan fingerprint density at radius 2 is 2.07 bits per heavy atom. The highest BCUT2D eigenvalue weighted by molar-refractivity contribution is 8.00. The average molecular weight is 220 g/mol. The van der Waals surface area contributed by atoms with Gasteiger partial charge in [0.15, 0.2) is 0 Å². The van der Waals surface area contributed by atoms with E-state index in [0.717, 1.165) is 0 Å². The van der Waals surface area contributed by atoms with Crippen LogP contribution in [0.1, 0.15) is 13.8 Å². The number of rotatable bonds is 6. The topological polar surface area (TPSA) is 92.4 Å². The second-order valence-corrected chi connectivity index (χ2v) is 4.21. The summed E-state index contributed by atoms with van der Waals surface area (Å²) in [4.78, 5) is 21.4. The average Bonchev–Trinajstić information content (AvgIpc) is 2.02. The van der Waals surface area contributed by atoms with E-state index in [-0.39, 0.29) is 23.5 Å². The number of carboxylic acids is 1. The summed E-state index contributed by atoms with van der Waals surface area (Å²) in [6.07, 6.45) is 0. The third-order valence-corrected chi connectivity index (χ3v) is 2.36. The molecule has 5 nitrogen and oxygen atoms in total. The quantitative estimate of drug-likeness (QED) is 0.569. The van der Waals surface area contributed by atoms with Crippen LogP contribution in [0.2, 0.25) is 0 Å². The van der Waals surface area contributed by atoms with Gasteiger partial charge in [0.25, 0.3) is 0 Å². The summed E-state index contributed by atoms with van der Waals surface area (Å²) in [7, 11) is 0. The van der Waals surface area contributed by atoms with Crippen molar-refractivity contribution < 1.29 is 14.7 Å². The number of hydrogen-bond acceptors (Lipinski definition) is 4. The van der Waals surface area contributed by atoms with Crippen LogP contribution in [0.5, 0.6) is 0 Å². The van der Waals surface area contributed by atoms with E-state index in [0.29, 0.717) is 0 Å². The maximum atomic E-state index is 11.1. The van der Waals surface area contributed by atoms with Crippen molar-refractivity contribution in [3.05, 3.63) is 0 Å². The molecule has 4 N–H and O–H groups in total. The van der Waals surface area contributed by atoms with E-state index in [9.17, 15) is 9.59 Å². The fraction of sp³-hybridized carbons (Fsp3) is 0.750. The Bertz CT molecular complexity index is 209. The van der Waals surface area contributed by atoms with E-state index in [1.54, 1.807) is 0 Å². The molecule has 0 aromatic carbocycles. The van der Waals surface area contributed by atoms with E-state index < -0.39 is 12.0 Å². The Morgan fingerprint density at radius 3 is 2.50 bits per heavy atom. The van der Waals surface area contributed by atoms with Crippen LogP contribution in [-0.2, 0) is 9.59 Å². The Morgan fingerprint density at radius 1 is 1.50 bits per heavy atom. The molecule has 0 fully saturated rings. The molecule has 14 heavy (non-hydrogen) atoms. The zero-order valence-corrected chi connectivity index (χ0v) is 9.13. The number of carboxylic acid groups (broad SMARTS) is 1. The SMILES string of the molecule is CC(C)NC(=O)CSC[C@@H](N)C(=O)O. The van der Waals surface area contributed by atoms with Crippen molar-refractivity contribution in [2.45, 2.75) is 25.9 Å². The first kappa shape index (κ1) is 13.2. The van der Waals surface area contributed by atoms with Gasteiger partial charge in [-0.2, -0.15) is 0 Å². The van der Waals surface area contributed by atoms with Crippen molar-refractivity contribution >= 4 is 23.6 Å². The number of carbonyl (C=O) groups excluding carboxylic acids is 1. The lowest BCUT2D eigenvalue weighted by molar-refractivity contribution is -0.138. The highest BCUT2D eigenvalue weighted by atomic mass is 32.2. The van der Waals surface area contributed by atoms with Gasteiger partial charge in [-0.3, -0.25) is 9.59 Å². The van der Waals surface area contributed by atoms with Gasteiger partial charge in [-0.15, -0.1) is 11.8 Å². The summed E-state index contributed by atoms with van der Waals surface area (Å²) in [5.74, 6) is -0.635. The molecule has 0 aliphatic carbocycles. The third-order valence-electron chi connectivity index (χ3n) is 1.30. The lowest BCUT2D eigenvalue weighted by Crippen LogP contribution is -2.35. The molecule has 0 saturated heterocycles. The van der Waals surface area contributed by atoms with E-state index in [1.165, 1.54) is 11.8 Å². The summed E-state index contributed by atoms with van der Waals surface area (Å²) in [5, 5.41) is 11.2. The molecule has 0 radical (unpaired) electrons. The van der Waals surface area contributed by atoms with Crippen LogP contribution in [0.25, 0.3) is 0 Å². The fourth-order valence-electron chi connectivity index (χ4n) is 0.714. The van der Waals surface area contributed by atoms with Gasteiger partial charge < -0.3 is 16.2 Å².